The topological polar surface area (TPSA) is 43.9 Å². The Labute approximate surface area is 276 Å². The number of halogens is 5. The Kier molecular flexibility index (Phi) is 10.1. The van der Waals surface area contributed by atoms with E-state index in [1.54, 1.807) is 60.5 Å². The molecule has 0 unspecified atom stereocenters. The average molecular weight is 679 g/mol. The molecule has 11 heteroatoms. The van der Waals surface area contributed by atoms with Crippen molar-refractivity contribution < 1.29 is 22.8 Å². The summed E-state index contributed by atoms with van der Waals surface area (Å²) in [7, 11) is 2.98. The average Bonchev–Trinajstić information content (AvgIpc) is 3.38. The zero-order chi connectivity index (χ0) is 32.4. The quantitative estimate of drug-likeness (QED) is 0.230. The van der Waals surface area contributed by atoms with Gasteiger partial charge in [0.25, 0.3) is 5.91 Å². The van der Waals surface area contributed by atoms with Gasteiger partial charge < -0.3 is 14.7 Å². The van der Waals surface area contributed by atoms with Crippen LogP contribution in [0.4, 0.5) is 13.2 Å². The maximum absolute atomic E-state index is 14.0. The molecule has 0 bridgehead atoms. The minimum Gasteiger partial charge on any atom is -0.343 e. The largest absolute Gasteiger partial charge is 0.397 e. The third-order valence-electron chi connectivity index (χ3n) is 9.22. The van der Waals surface area contributed by atoms with Crippen molar-refractivity contribution in [2.75, 3.05) is 40.3 Å². The van der Waals surface area contributed by atoms with Crippen molar-refractivity contribution in [2.45, 2.75) is 47.9 Å². The van der Waals surface area contributed by atoms with Crippen molar-refractivity contribution in [2.24, 2.45) is 0 Å². The zero-order valence-corrected chi connectivity index (χ0v) is 27.6. The summed E-state index contributed by atoms with van der Waals surface area (Å²) in [5, 5.41) is 0.559. The van der Waals surface area contributed by atoms with Crippen molar-refractivity contribution in [3.05, 3.63) is 105 Å². The Morgan fingerprint density at radius 1 is 0.933 bits per heavy atom. The molecule has 1 spiro atoms. The van der Waals surface area contributed by atoms with Gasteiger partial charge >= 0.3 is 6.18 Å². The summed E-state index contributed by atoms with van der Waals surface area (Å²) < 4.78 is 39.9. The molecule has 0 aromatic heterocycles. The number of hydrogen-bond acceptors (Lipinski definition) is 4. The highest BCUT2D eigenvalue weighted by Crippen LogP contribution is 2.53. The molecule has 2 heterocycles. The number of rotatable bonds is 9. The number of amides is 2. The number of carbonyl (C=O) groups is 2. The molecule has 2 amide bonds. The lowest BCUT2D eigenvalue weighted by molar-refractivity contribution is -0.161. The van der Waals surface area contributed by atoms with Crippen LogP contribution in [0, 0.1) is 0 Å². The molecule has 45 heavy (non-hydrogen) atoms. The van der Waals surface area contributed by atoms with Gasteiger partial charge in [0.1, 0.15) is 6.42 Å². The lowest BCUT2D eigenvalue weighted by atomic mass is 9.82. The van der Waals surface area contributed by atoms with E-state index in [4.69, 9.17) is 23.2 Å². The molecule has 0 radical (unpaired) electrons. The lowest BCUT2D eigenvalue weighted by Crippen LogP contribution is -2.56. The van der Waals surface area contributed by atoms with Crippen molar-refractivity contribution in [3.8, 4) is 0 Å². The molecule has 1 atom stereocenters. The minimum absolute atomic E-state index is 0.0815. The van der Waals surface area contributed by atoms with Gasteiger partial charge in [-0.05, 0) is 73.3 Å². The number of likely N-dealkylation sites (N-methyl/N-ethyl adjacent to an activating group) is 2. The third-order valence-corrected chi connectivity index (χ3v) is 11.6. The predicted molar refractivity (Wildman–Crippen MR) is 175 cm³/mol. The molecule has 0 saturated carbocycles. The molecular formula is C34H36Cl2F3N3O2S. The number of likely N-dealkylation sites (tertiary alicyclic amines) is 1. The maximum atomic E-state index is 14.0. The van der Waals surface area contributed by atoms with Gasteiger partial charge in [0, 0.05) is 43.2 Å². The molecule has 3 aromatic rings. The van der Waals surface area contributed by atoms with E-state index in [-0.39, 0.29) is 22.2 Å². The van der Waals surface area contributed by atoms with Crippen LogP contribution in [0.2, 0.25) is 10.0 Å². The van der Waals surface area contributed by atoms with Gasteiger partial charge in [-0.3, -0.25) is 9.59 Å². The molecule has 1 fully saturated rings. The molecule has 0 aliphatic carbocycles. The fraction of sp³-hybridized carbons (Fsp3) is 0.412. The van der Waals surface area contributed by atoms with E-state index in [0.717, 1.165) is 36.6 Å². The number of thioether (sulfide) groups is 1. The van der Waals surface area contributed by atoms with Crippen LogP contribution >= 0.6 is 35.0 Å². The maximum Gasteiger partial charge on any atom is 0.397 e. The number of hydrogen-bond donors (Lipinski definition) is 0. The van der Waals surface area contributed by atoms with E-state index in [1.165, 1.54) is 18.2 Å². The number of benzene rings is 3. The van der Waals surface area contributed by atoms with E-state index in [9.17, 15) is 22.8 Å². The van der Waals surface area contributed by atoms with Gasteiger partial charge in [0.2, 0.25) is 5.91 Å². The number of nitrogens with zero attached hydrogens (tertiary/aromatic N) is 3. The van der Waals surface area contributed by atoms with Crippen molar-refractivity contribution in [1.82, 2.24) is 14.7 Å². The Balaban J connectivity index is 1.47. The monoisotopic (exact) mass is 677 g/mol. The van der Waals surface area contributed by atoms with Gasteiger partial charge in [-0.15, -0.1) is 11.8 Å². The Bertz CT molecular complexity index is 1530. The SMILES string of the molecule is CN(C[C@](CCN1CCC2(CC1)SCc1ccccc12)(c1ccc(Cl)c(Cl)c1)N(C)C(=O)c1ccccc1)C(=O)CC(F)(F)F. The summed E-state index contributed by atoms with van der Waals surface area (Å²) in [4.78, 5) is 31.8. The lowest BCUT2D eigenvalue weighted by Gasteiger charge is -2.47. The van der Waals surface area contributed by atoms with Crippen LogP contribution in [0.1, 0.15) is 52.7 Å². The van der Waals surface area contributed by atoms with Crippen molar-refractivity contribution in [1.29, 1.82) is 0 Å². The summed E-state index contributed by atoms with van der Waals surface area (Å²) in [6.07, 6.45) is -3.97. The Morgan fingerprint density at radius 3 is 2.27 bits per heavy atom. The van der Waals surface area contributed by atoms with Gasteiger partial charge in [0.05, 0.1) is 15.6 Å². The second-order valence-corrected chi connectivity index (χ2v) is 14.1. The van der Waals surface area contributed by atoms with Crippen LogP contribution in [0.25, 0.3) is 0 Å². The Hall–Kier alpha value is -2.72. The van der Waals surface area contributed by atoms with E-state index in [1.807, 2.05) is 11.8 Å². The molecule has 0 N–H and O–H groups in total. The fourth-order valence-corrected chi connectivity index (χ4v) is 8.41. The fourth-order valence-electron chi connectivity index (χ4n) is 6.60. The standard InChI is InChI=1S/C34H36Cl2F3N3O2S/c1-40(30(43)21-34(37,38)39)23-32(26-12-13-28(35)29(36)20-26,41(2)31(44)24-8-4-3-5-9-24)14-17-42-18-15-33(16-19-42)27-11-7-6-10-25(27)22-45-33/h3-13,20H,14-19,21-23H2,1-2H3/t32-/m1/s1. The summed E-state index contributed by atoms with van der Waals surface area (Å²) in [6.45, 7) is 2.04. The number of fused-ring (bicyclic) bond motifs is 2. The molecule has 1 saturated heterocycles. The van der Waals surface area contributed by atoms with Crippen LogP contribution in [-0.4, -0.2) is 73.0 Å². The molecule has 5 rings (SSSR count). The van der Waals surface area contributed by atoms with Crippen LogP contribution in [0.15, 0.2) is 72.8 Å². The van der Waals surface area contributed by atoms with Crippen molar-refractivity contribution in [3.63, 3.8) is 0 Å². The second kappa shape index (κ2) is 13.6. The molecule has 2 aliphatic heterocycles. The first-order valence-electron chi connectivity index (χ1n) is 14.9. The molecule has 5 nitrogen and oxygen atoms in total. The first-order chi connectivity index (χ1) is 21.3. The van der Waals surface area contributed by atoms with Gasteiger partial charge in [-0.2, -0.15) is 13.2 Å². The molecular weight excluding hydrogens is 642 g/mol. The zero-order valence-electron chi connectivity index (χ0n) is 25.2. The molecule has 240 valence electrons. The molecule has 3 aromatic carbocycles. The van der Waals surface area contributed by atoms with Crippen LogP contribution in [-0.2, 0) is 20.8 Å². The van der Waals surface area contributed by atoms with Crippen LogP contribution in [0.3, 0.4) is 0 Å². The van der Waals surface area contributed by atoms with Gasteiger partial charge in [-0.25, -0.2) is 0 Å². The third kappa shape index (κ3) is 7.32. The summed E-state index contributed by atoms with van der Waals surface area (Å²) in [5.41, 5.74) is 2.59. The Morgan fingerprint density at radius 2 is 1.60 bits per heavy atom. The van der Waals surface area contributed by atoms with Crippen molar-refractivity contribution >= 4 is 46.8 Å². The minimum atomic E-state index is -4.66. The smallest absolute Gasteiger partial charge is 0.343 e. The van der Waals surface area contributed by atoms with E-state index < -0.39 is 24.0 Å². The summed E-state index contributed by atoms with van der Waals surface area (Å²) in [5.74, 6) is -0.402. The van der Waals surface area contributed by atoms with E-state index >= 15 is 0 Å². The highest BCUT2D eigenvalue weighted by molar-refractivity contribution is 7.99. The number of carbonyl (C=O) groups excluding carboxylic acids is 2. The highest BCUT2D eigenvalue weighted by Gasteiger charge is 2.45. The van der Waals surface area contributed by atoms with Gasteiger partial charge in [-0.1, -0.05) is 71.7 Å². The summed E-state index contributed by atoms with van der Waals surface area (Å²) >= 11 is 14.8. The van der Waals surface area contributed by atoms with Crippen LogP contribution in [0.5, 0.6) is 0 Å². The number of piperidine rings is 1. The van der Waals surface area contributed by atoms with E-state index in [2.05, 4.69) is 29.2 Å². The van der Waals surface area contributed by atoms with E-state index in [0.29, 0.717) is 29.1 Å². The van der Waals surface area contributed by atoms with Crippen LogP contribution < -0.4 is 0 Å². The normalized spacial score (nSPS) is 17.5. The summed E-state index contributed by atoms with van der Waals surface area (Å²) in [6, 6.07) is 22.3. The number of alkyl halides is 3. The first kappa shape index (κ1) is 33.6. The van der Waals surface area contributed by atoms with Gasteiger partial charge in [0.15, 0.2) is 0 Å². The second-order valence-electron chi connectivity index (χ2n) is 12.0. The predicted octanol–water partition coefficient (Wildman–Crippen LogP) is 8.00. The molecule has 2 aliphatic rings. The first-order valence-corrected chi connectivity index (χ1v) is 16.6. The highest BCUT2D eigenvalue weighted by atomic mass is 35.5.